The lowest BCUT2D eigenvalue weighted by Crippen LogP contribution is -2.41. The van der Waals surface area contributed by atoms with Crippen LogP contribution in [0.1, 0.15) is 25.3 Å². The lowest BCUT2D eigenvalue weighted by atomic mass is 9.98. The molecule has 3 heteroatoms. The lowest BCUT2D eigenvalue weighted by Gasteiger charge is -2.27. The van der Waals surface area contributed by atoms with Gasteiger partial charge in [0.15, 0.2) is 0 Å². The third kappa shape index (κ3) is 2.91. The maximum absolute atomic E-state index is 12.3. The van der Waals surface area contributed by atoms with Crippen LogP contribution in [-0.2, 0) is 11.2 Å². The largest absolute Gasteiger partial charge is 0.316 e. The van der Waals surface area contributed by atoms with Gasteiger partial charge >= 0.3 is 0 Å². The van der Waals surface area contributed by atoms with Crippen molar-refractivity contribution in [3.8, 4) is 0 Å². The summed E-state index contributed by atoms with van der Waals surface area (Å²) in [4.78, 5) is 14.1. The van der Waals surface area contributed by atoms with E-state index < -0.39 is 0 Å². The fourth-order valence-electron chi connectivity index (χ4n) is 2.42. The van der Waals surface area contributed by atoms with Gasteiger partial charge in [0.25, 0.3) is 0 Å². The highest BCUT2D eigenvalue weighted by atomic mass is 16.2. The van der Waals surface area contributed by atoms with Crippen LogP contribution in [0.5, 0.6) is 0 Å². The van der Waals surface area contributed by atoms with Gasteiger partial charge in [0.1, 0.15) is 0 Å². The molecule has 3 nitrogen and oxygen atoms in total. The highest BCUT2D eigenvalue weighted by Crippen LogP contribution is 2.19. The second-order valence-corrected chi connectivity index (χ2v) is 4.96. The molecular weight excluding hydrogens is 224 g/mol. The molecule has 0 radical (unpaired) electrons. The number of hydrogen-bond acceptors (Lipinski definition) is 2. The van der Waals surface area contributed by atoms with Gasteiger partial charge in [-0.3, -0.25) is 4.79 Å². The molecule has 0 unspecified atom stereocenters. The van der Waals surface area contributed by atoms with Gasteiger partial charge < -0.3 is 10.2 Å². The predicted molar refractivity (Wildman–Crippen MR) is 74.8 cm³/mol. The molecule has 0 aromatic heterocycles. The molecule has 1 saturated heterocycles. The molecule has 1 aromatic carbocycles. The Hall–Kier alpha value is -1.35. The number of aryl methyl sites for hydroxylation is 1. The Balaban J connectivity index is 2.04. The number of rotatable bonds is 3. The van der Waals surface area contributed by atoms with Crippen LogP contribution in [0.2, 0.25) is 0 Å². The summed E-state index contributed by atoms with van der Waals surface area (Å²) in [6.45, 7) is 3.99. The van der Waals surface area contributed by atoms with E-state index in [0.717, 1.165) is 38.0 Å². The molecule has 1 amide bonds. The SMILES string of the molecule is CCc1ccc(N(C)C(=O)[C@@H]2CCCNC2)cc1. The Morgan fingerprint density at radius 3 is 2.67 bits per heavy atom. The Morgan fingerprint density at radius 2 is 2.11 bits per heavy atom. The first-order chi connectivity index (χ1) is 8.72. The van der Waals surface area contributed by atoms with E-state index in [-0.39, 0.29) is 11.8 Å². The zero-order valence-electron chi connectivity index (χ0n) is 11.3. The normalized spacial score (nSPS) is 19.6. The maximum Gasteiger partial charge on any atom is 0.231 e. The Labute approximate surface area is 109 Å². The second kappa shape index (κ2) is 6.01. The fourth-order valence-corrected chi connectivity index (χ4v) is 2.42. The van der Waals surface area contributed by atoms with Crippen molar-refractivity contribution in [1.82, 2.24) is 5.32 Å². The number of nitrogens with zero attached hydrogens (tertiary/aromatic N) is 1. The maximum atomic E-state index is 12.3. The van der Waals surface area contributed by atoms with Crippen molar-refractivity contribution >= 4 is 11.6 Å². The quantitative estimate of drug-likeness (QED) is 0.887. The zero-order valence-corrected chi connectivity index (χ0v) is 11.3. The fraction of sp³-hybridized carbons (Fsp3) is 0.533. The minimum Gasteiger partial charge on any atom is -0.316 e. The number of benzene rings is 1. The summed E-state index contributed by atoms with van der Waals surface area (Å²) in [7, 11) is 1.87. The summed E-state index contributed by atoms with van der Waals surface area (Å²) in [6.07, 6.45) is 3.13. The molecule has 1 aliphatic rings. The Bertz CT molecular complexity index is 393. The zero-order chi connectivity index (χ0) is 13.0. The highest BCUT2D eigenvalue weighted by Gasteiger charge is 2.24. The first kappa shape index (κ1) is 13.1. The van der Waals surface area contributed by atoms with Crippen molar-refractivity contribution in [3.05, 3.63) is 29.8 Å². The van der Waals surface area contributed by atoms with Crippen molar-refractivity contribution in [3.63, 3.8) is 0 Å². The Morgan fingerprint density at radius 1 is 1.39 bits per heavy atom. The molecule has 0 spiro atoms. The van der Waals surface area contributed by atoms with Crippen LogP contribution < -0.4 is 10.2 Å². The van der Waals surface area contributed by atoms with Crippen molar-refractivity contribution in [1.29, 1.82) is 0 Å². The molecule has 1 aromatic rings. The number of anilines is 1. The van der Waals surface area contributed by atoms with E-state index in [1.165, 1.54) is 5.56 Å². The average Bonchev–Trinajstić information content (AvgIpc) is 2.47. The summed E-state index contributed by atoms with van der Waals surface area (Å²) < 4.78 is 0. The number of carbonyl (C=O) groups excluding carboxylic acids is 1. The standard InChI is InChI=1S/C15H22N2O/c1-3-12-6-8-14(9-7-12)17(2)15(18)13-5-4-10-16-11-13/h6-9,13,16H,3-5,10-11H2,1-2H3/t13-/m1/s1. The van der Waals surface area contributed by atoms with Gasteiger partial charge in [-0.2, -0.15) is 0 Å². The van der Waals surface area contributed by atoms with Gasteiger partial charge in [-0.05, 0) is 43.5 Å². The van der Waals surface area contributed by atoms with Gasteiger partial charge in [0, 0.05) is 19.3 Å². The smallest absolute Gasteiger partial charge is 0.231 e. The topological polar surface area (TPSA) is 32.3 Å². The van der Waals surface area contributed by atoms with E-state index in [2.05, 4.69) is 24.4 Å². The van der Waals surface area contributed by atoms with Crippen molar-refractivity contribution in [2.45, 2.75) is 26.2 Å². The van der Waals surface area contributed by atoms with Crippen LogP contribution in [0.4, 0.5) is 5.69 Å². The molecule has 1 atom stereocenters. The number of carbonyl (C=O) groups is 1. The lowest BCUT2D eigenvalue weighted by molar-refractivity contribution is -0.122. The third-order valence-corrected chi connectivity index (χ3v) is 3.71. The average molecular weight is 246 g/mol. The van der Waals surface area contributed by atoms with Gasteiger partial charge in [0.05, 0.1) is 5.92 Å². The summed E-state index contributed by atoms with van der Waals surface area (Å²) in [5, 5.41) is 3.29. The third-order valence-electron chi connectivity index (χ3n) is 3.71. The molecule has 0 bridgehead atoms. The molecule has 1 fully saturated rings. The molecule has 0 aliphatic carbocycles. The number of amides is 1. The van der Waals surface area contributed by atoms with E-state index in [9.17, 15) is 4.79 Å². The second-order valence-electron chi connectivity index (χ2n) is 4.96. The molecule has 18 heavy (non-hydrogen) atoms. The van der Waals surface area contributed by atoms with Crippen LogP contribution in [-0.4, -0.2) is 26.0 Å². The molecule has 1 aliphatic heterocycles. The summed E-state index contributed by atoms with van der Waals surface area (Å²) in [5.41, 5.74) is 2.29. The van der Waals surface area contributed by atoms with Crippen molar-refractivity contribution in [2.75, 3.05) is 25.0 Å². The van der Waals surface area contributed by atoms with Gasteiger partial charge in [-0.1, -0.05) is 19.1 Å². The molecular formula is C15H22N2O. The van der Waals surface area contributed by atoms with Crippen LogP contribution in [0, 0.1) is 5.92 Å². The summed E-state index contributed by atoms with van der Waals surface area (Å²) in [5.74, 6) is 0.362. The predicted octanol–water partition coefficient (Wildman–Crippen LogP) is 2.21. The van der Waals surface area contributed by atoms with Crippen molar-refractivity contribution < 1.29 is 4.79 Å². The monoisotopic (exact) mass is 246 g/mol. The van der Waals surface area contributed by atoms with Gasteiger partial charge in [-0.25, -0.2) is 0 Å². The van der Waals surface area contributed by atoms with Crippen LogP contribution in [0.15, 0.2) is 24.3 Å². The van der Waals surface area contributed by atoms with E-state index in [1.807, 2.05) is 19.2 Å². The van der Waals surface area contributed by atoms with Crippen LogP contribution >= 0.6 is 0 Å². The van der Waals surface area contributed by atoms with E-state index in [4.69, 9.17) is 0 Å². The van der Waals surface area contributed by atoms with Gasteiger partial charge in [-0.15, -0.1) is 0 Å². The Kier molecular flexibility index (Phi) is 4.37. The van der Waals surface area contributed by atoms with E-state index in [0.29, 0.717) is 0 Å². The number of hydrogen-bond donors (Lipinski definition) is 1. The first-order valence-electron chi connectivity index (χ1n) is 6.79. The van der Waals surface area contributed by atoms with Crippen LogP contribution in [0.25, 0.3) is 0 Å². The minimum absolute atomic E-state index is 0.134. The van der Waals surface area contributed by atoms with Crippen molar-refractivity contribution in [2.24, 2.45) is 5.92 Å². The number of piperidine rings is 1. The molecule has 1 N–H and O–H groups in total. The summed E-state index contributed by atoms with van der Waals surface area (Å²) >= 11 is 0. The van der Waals surface area contributed by atoms with E-state index in [1.54, 1.807) is 4.90 Å². The first-order valence-corrected chi connectivity index (χ1v) is 6.79. The van der Waals surface area contributed by atoms with E-state index >= 15 is 0 Å². The highest BCUT2D eigenvalue weighted by molar-refractivity contribution is 5.94. The minimum atomic E-state index is 0.134. The molecule has 1 heterocycles. The molecule has 0 saturated carbocycles. The van der Waals surface area contributed by atoms with Gasteiger partial charge in [0.2, 0.25) is 5.91 Å². The summed E-state index contributed by atoms with van der Waals surface area (Å²) in [6, 6.07) is 8.26. The molecule has 2 rings (SSSR count). The molecule has 98 valence electrons. The number of nitrogens with one attached hydrogen (secondary N) is 1. The van der Waals surface area contributed by atoms with Crippen LogP contribution in [0.3, 0.4) is 0 Å².